The molecule has 178 valence electrons. The minimum absolute atomic E-state index is 0.105. The van der Waals surface area contributed by atoms with Crippen molar-refractivity contribution in [2.45, 2.75) is 48.8 Å². The molecular formula is C23H26F2N2O5S. The lowest BCUT2D eigenvalue weighted by Crippen LogP contribution is -2.34. The van der Waals surface area contributed by atoms with Gasteiger partial charge in [-0.15, -0.1) is 0 Å². The second-order valence-corrected chi connectivity index (χ2v) is 10.6. The van der Waals surface area contributed by atoms with Crippen molar-refractivity contribution in [3.63, 3.8) is 0 Å². The summed E-state index contributed by atoms with van der Waals surface area (Å²) < 4.78 is 62.6. The molecule has 7 nitrogen and oxygen atoms in total. The Hall–Kier alpha value is -2.56. The summed E-state index contributed by atoms with van der Waals surface area (Å²) in [5, 5.41) is 10.3. The minimum Gasteiger partial charge on any atom is -0.493 e. The van der Waals surface area contributed by atoms with Gasteiger partial charge < -0.3 is 14.6 Å². The van der Waals surface area contributed by atoms with Crippen molar-refractivity contribution < 1.29 is 31.8 Å². The summed E-state index contributed by atoms with van der Waals surface area (Å²) in [6.45, 7) is -3.04. The third-order valence-electron chi connectivity index (χ3n) is 6.17. The number of rotatable bonds is 6. The van der Waals surface area contributed by atoms with Gasteiger partial charge in [-0.05, 0) is 49.1 Å². The Bertz CT molecular complexity index is 1180. The Morgan fingerprint density at radius 1 is 1.15 bits per heavy atom. The number of halogens is 2. The molecule has 0 amide bonds. The van der Waals surface area contributed by atoms with E-state index in [1.807, 2.05) is 0 Å². The molecule has 2 aromatic carbocycles. The molecule has 1 aliphatic carbocycles. The number of aliphatic imine (C=N–C) groups is 1. The quantitative estimate of drug-likeness (QED) is 0.685. The number of ether oxygens (including phenoxy) is 2. The first-order valence-electron chi connectivity index (χ1n) is 10.6. The number of benzene rings is 2. The van der Waals surface area contributed by atoms with E-state index in [1.165, 1.54) is 39.4 Å². The monoisotopic (exact) mass is 480 g/mol. The molecule has 10 heteroatoms. The summed E-state index contributed by atoms with van der Waals surface area (Å²) in [6, 6.07) is 9.41. The first kappa shape index (κ1) is 23.6. The van der Waals surface area contributed by atoms with Gasteiger partial charge in [-0.2, -0.15) is 8.78 Å². The third-order valence-corrected chi connectivity index (χ3v) is 7.98. The maximum atomic E-state index is 13.1. The summed E-state index contributed by atoms with van der Waals surface area (Å²) in [7, 11) is 0.600. The maximum Gasteiger partial charge on any atom is 0.387 e. The highest BCUT2D eigenvalue weighted by atomic mass is 32.2. The molecule has 2 aliphatic rings. The summed E-state index contributed by atoms with van der Waals surface area (Å²) >= 11 is 0. The Kier molecular flexibility index (Phi) is 6.43. The molecule has 1 saturated carbocycles. The van der Waals surface area contributed by atoms with Crippen LogP contribution < -0.4 is 9.47 Å². The lowest BCUT2D eigenvalue weighted by molar-refractivity contribution is -0.0512. The van der Waals surface area contributed by atoms with Crippen molar-refractivity contribution in [3.8, 4) is 11.5 Å². The lowest BCUT2D eigenvalue weighted by Gasteiger charge is -2.37. The number of alkyl halides is 2. The number of fused-ring (bicyclic) bond motifs is 3. The van der Waals surface area contributed by atoms with Crippen LogP contribution in [0, 0.1) is 0 Å². The van der Waals surface area contributed by atoms with Gasteiger partial charge >= 0.3 is 6.61 Å². The molecule has 1 heterocycles. The maximum absolute atomic E-state index is 13.1. The molecule has 0 aromatic heterocycles. The predicted octanol–water partition coefficient (Wildman–Crippen LogP) is 3.39. The molecule has 0 bridgehead atoms. The Morgan fingerprint density at radius 2 is 1.91 bits per heavy atom. The number of hydrogen-bond acceptors (Lipinski definition) is 6. The van der Waals surface area contributed by atoms with Crippen LogP contribution in [-0.2, 0) is 10.0 Å². The van der Waals surface area contributed by atoms with Gasteiger partial charge in [0.15, 0.2) is 11.5 Å². The number of nitrogens with zero attached hydrogens (tertiary/aromatic N) is 2. The molecule has 2 aromatic rings. The fraction of sp³-hybridized carbons (Fsp3) is 0.435. The van der Waals surface area contributed by atoms with E-state index >= 15 is 0 Å². The molecule has 33 heavy (non-hydrogen) atoms. The fourth-order valence-corrected chi connectivity index (χ4v) is 5.48. The highest BCUT2D eigenvalue weighted by Gasteiger charge is 2.37. The van der Waals surface area contributed by atoms with Crippen LogP contribution in [0.4, 0.5) is 8.78 Å². The van der Waals surface area contributed by atoms with Gasteiger partial charge in [-0.3, -0.25) is 4.99 Å². The van der Waals surface area contributed by atoms with E-state index in [0.717, 1.165) is 9.87 Å². The summed E-state index contributed by atoms with van der Waals surface area (Å²) in [5.74, 6) is -0.0837. The van der Waals surface area contributed by atoms with E-state index in [0.29, 0.717) is 36.1 Å². The average Bonchev–Trinajstić information content (AvgIpc) is 2.77. The average molecular weight is 481 g/mol. The number of aliphatic hydroxyl groups excluding tert-OH is 1. The summed E-state index contributed by atoms with van der Waals surface area (Å²) in [6.07, 6.45) is 1.27. The smallest absolute Gasteiger partial charge is 0.387 e. The highest BCUT2D eigenvalue weighted by molar-refractivity contribution is 7.89. The van der Waals surface area contributed by atoms with Gasteiger partial charge in [0.1, 0.15) is 0 Å². The molecule has 1 N–H and O–H groups in total. The zero-order valence-electron chi connectivity index (χ0n) is 18.5. The van der Waals surface area contributed by atoms with Gasteiger partial charge in [-0.25, -0.2) is 12.7 Å². The van der Waals surface area contributed by atoms with Crippen molar-refractivity contribution in [1.29, 1.82) is 0 Å². The highest BCUT2D eigenvalue weighted by Crippen LogP contribution is 2.45. The third kappa shape index (κ3) is 4.47. The molecule has 3 unspecified atom stereocenters. The Balaban J connectivity index is 1.90. The normalized spacial score (nSPS) is 22.5. The molecular weight excluding hydrogens is 454 g/mol. The van der Waals surface area contributed by atoms with Gasteiger partial charge in [0.2, 0.25) is 10.0 Å². The molecule has 0 spiro atoms. The van der Waals surface area contributed by atoms with E-state index in [9.17, 15) is 22.3 Å². The van der Waals surface area contributed by atoms with E-state index in [1.54, 1.807) is 18.2 Å². The van der Waals surface area contributed by atoms with E-state index in [2.05, 4.69) is 4.74 Å². The molecule has 3 atom stereocenters. The second-order valence-electron chi connectivity index (χ2n) is 8.40. The molecule has 1 fully saturated rings. The van der Waals surface area contributed by atoms with E-state index in [4.69, 9.17) is 9.73 Å². The van der Waals surface area contributed by atoms with Crippen LogP contribution in [-0.4, -0.2) is 63.5 Å². The second kappa shape index (κ2) is 9.00. The van der Waals surface area contributed by atoms with Crippen LogP contribution in [0.2, 0.25) is 0 Å². The zero-order chi connectivity index (χ0) is 23.9. The van der Waals surface area contributed by atoms with Gasteiger partial charge in [0.25, 0.3) is 0 Å². The topological polar surface area (TPSA) is 88.4 Å². The Labute approximate surface area is 191 Å². The number of hydrogen-bond donors (Lipinski definition) is 1. The van der Waals surface area contributed by atoms with Gasteiger partial charge in [-0.1, -0.05) is 12.1 Å². The van der Waals surface area contributed by atoms with Crippen LogP contribution in [0.3, 0.4) is 0 Å². The van der Waals surface area contributed by atoms with Crippen molar-refractivity contribution in [3.05, 3.63) is 53.1 Å². The number of methoxy groups -OCH3 is 1. The van der Waals surface area contributed by atoms with Crippen molar-refractivity contribution in [1.82, 2.24) is 4.31 Å². The first-order valence-corrected chi connectivity index (χ1v) is 12.0. The fourth-order valence-electron chi connectivity index (χ4n) is 4.54. The first-order chi connectivity index (χ1) is 15.6. The standard InChI is InChI=1S/C23H26F2N2O5S/c1-27(2)33(29,30)15-6-4-5-13(9-15)22-18-12-21(32-23(24)25)20(31-3)11-16(18)17-10-14(28)7-8-19(17)26-22/h4-6,9,11-12,14,17,19,23,28H,7-8,10H2,1-3H3. The number of aliphatic hydroxyl groups is 1. The lowest BCUT2D eigenvalue weighted by atomic mass is 9.74. The minimum atomic E-state index is -3.68. The van der Waals surface area contributed by atoms with E-state index < -0.39 is 22.7 Å². The number of sulfonamides is 1. The van der Waals surface area contributed by atoms with Crippen LogP contribution in [0.5, 0.6) is 11.5 Å². The van der Waals surface area contributed by atoms with Crippen LogP contribution in [0.25, 0.3) is 0 Å². The molecule has 0 radical (unpaired) electrons. The summed E-state index contributed by atoms with van der Waals surface area (Å²) in [5.41, 5.74) is 2.42. The predicted molar refractivity (Wildman–Crippen MR) is 119 cm³/mol. The zero-order valence-corrected chi connectivity index (χ0v) is 19.4. The SMILES string of the molecule is COc1cc2c(cc1OC(F)F)C(c1cccc(S(=O)(=O)N(C)C)c1)=NC1CCC(O)CC21. The molecule has 0 saturated heterocycles. The van der Waals surface area contributed by atoms with Crippen molar-refractivity contribution in [2.75, 3.05) is 21.2 Å². The van der Waals surface area contributed by atoms with Gasteiger partial charge in [0, 0.05) is 31.1 Å². The largest absolute Gasteiger partial charge is 0.493 e. The van der Waals surface area contributed by atoms with Crippen LogP contribution in [0.15, 0.2) is 46.3 Å². The summed E-state index contributed by atoms with van der Waals surface area (Å²) in [4.78, 5) is 5.01. The van der Waals surface area contributed by atoms with Crippen molar-refractivity contribution >= 4 is 15.7 Å². The van der Waals surface area contributed by atoms with Crippen LogP contribution in [0.1, 0.15) is 41.9 Å². The van der Waals surface area contributed by atoms with E-state index in [-0.39, 0.29) is 28.4 Å². The molecule has 4 rings (SSSR count). The van der Waals surface area contributed by atoms with Crippen LogP contribution >= 0.6 is 0 Å². The van der Waals surface area contributed by atoms with Crippen molar-refractivity contribution in [2.24, 2.45) is 4.99 Å². The van der Waals surface area contributed by atoms with Gasteiger partial charge in [0.05, 0.1) is 29.9 Å². The Morgan fingerprint density at radius 3 is 2.58 bits per heavy atom. The molecule has 1 aliphatic heterocycles.